The average molecular weight is 303 g/mol. The molecular weight excluding hydrogens is 281 g/mol. The predicted molar refractivity (Wildman–Crippen MR) is 85.5 cm³/mol. The van der Waals surface area contributed by atoms with Gasteiger partial charge in [-0.2, -0.15) is 0 Å². The molecule has 0 spiro atoms. The first-order chi connectivity index (χ1) is 10.6. The Bertz CT molecular complexity index is 571. The lowest BCUT2D eigenvalue weighted by molar-refractivity contribution is 0.144. The maximum atomic E-state index is 13.7. The quantitative estimate of drug-likeness (QED) is 0.853. The maximum Gasteiger partial charge on any atom is 0.321 e. The molecule has 5 heteroatoms. The van der Waals surface area contributed by atoms with Crippen molar-refractivity contribution < 1.29 is 9.18 Å². The van der Waals surface area contributed by atoms with Gasteiger partial charge in [-0.3, -0.25) is 4.90 Å². The zero-order valence-corrected chi connectivity index (χ0v) is 12.9. The van der Waals surface area contributed by atoms with E-state index in [-0.39, 0.29) is 11.7 Å². The summed E-state index contributed by atoms with van der Waals surface area (Å²) in [6, 6.07) is 5.09. The number of halogens is 1. The van der Waals surface area contributed by atoms with Crippen molar-refractivity contribution in [2.75, 3.05) is 31.5 Å². The van der Waals surface area contributed by atoms with Crippen molar-refractivity contribution in [1.29, 1.82) is 0 Å². The molecule has 0 saturated carbocycles. The van der Waals surface area contributed by atoms with Crippen LogP contribution < -0.4 is 5.32 Å². The monoisotopic (exact) mass is 303 g/mol. The molecule has 1 aromatic rings. The van der Waals surface area contributed by atoms with Gasteiger partial charge in [-0.05, 0) is 37.5 Å². The molecular formula is C17H22FN3O. The van der Waals surface area contributed by atoms with Crippen LogP contribution in [0.2, 0.25) is 0 Å². The van der Waals surface area contributed by atoms with Gasteiger partial charge in [-0.25, -0.2) is 9.18 Å². The molecule has 118 valence electrons. The molecule has 2 heterocycles. The standard InChI is InChI=1S/C17H22FN3O/c1-13-4-5-15(18)16(12-13)19-17(22)21-10-6-14(7-11-21)20-8-2-3-9-20/h2-5,12,14H,6-11H2,1H3,(H,19,22). The van der Waals surface area contributed by atoms with Gasteiger partial charge >= 0.3 is 6.03 Å². The Morgan fingerprint density at radius 1 is 1.23 bits per heavy atom. The number of likely N-dealkylation sites (tertiary alicyclic amines) is 1. The van der Waals surface area contributed by atoms with E-state index in [0.717, 1.165) is 44.6 Å². The van der Waals surface area contributed by atoms with Crippen LogP contribution in [0, 0.1) is 12.7 Å². The summed E-state index contributed by atoms with van der Waals surface area (Å²) in [7, 11) is 0. The lowest BCUT2D eigenvalue weighted by Gasteiger charge is -2.36. The lowest BCUT2D eigenvalue weighted by Crippen LogP contribution is -2.47. The summed E-state index contributed by atoms with van der Waals surface area (Å²) in [5.74, 6) is -0.392. The molecule has 3 rings (SSSR count). The molecule has 22 heavy (non-hydrogen) atoms. The average Bonchev–Trinajstić information content (AvgIpc) is 3.05. The highest BCUT2D eigenvalue weighted by molar-refractivity contribution is 5.89. The number of piperidine rings is 1. The van der Waals surface area contributed by atoms with Gasteiger partial charge in [0.15, 0.2) is 0 Å². The van der Waals surface area contributed by atoms with Crippen LogP contribution in [-0.2, 0) is 0 Å². The van der Waals surface area contributed by atoms with Crippen molar-refractivity contribution in [2.45, 2.75) is 25.8 Å². The highest BCUT2D eigenvalue weighted by Crippen LogP contribution is 2.20. The number of amides is 2. The molecule has 0 aromatic heterocycles. The Morgan fingerprint density at radius 2 is 1.91 bits per heavy atom. The van der Waals surface area contributed by atoms with Crippen LogP contribution in [0.1, 0.15) is 18.4 Å². The molecule has 1 N–H and O–H groups in total. The third-order valence-corrected chi connectivity index (χ3v) is 4.48. The summed E-state index contributed by atoms with van der Waals surface area (Å²) in [6.45, 7) is 5.36. The van der Waals surface area contributed by atoms with Gasteiger partial charge in [0.25, 0.3) is 0 Å². The molecule has 0 aliphatic carbocycles. The van der Waals surface area contributed by atoms with E-state index < -0.39 is 5.82 Å². The second kappa shape index (κ2) is 6.48. The van der Waals surface area contributed by atoms with Crippen molar-refractivity contribution in [1.82, 2.24) is 9.80 Å². The number of hydrogen-bond donors (Lipinski definition) is 1. The van der Waals surface area contributed by atoms with E-state index in [1.54, 1.807) is 17.0 Å². The Hall–Kier alpha value is -1.88. The summed E-state index contributed by atoms with van der Waals surface area (Å²) >= 11 is 0. The van der Waals surface area contributed by atoms with Crippen molar-refractivity contribution >= 4 is 11.7 Å². The van der Waals surface area contributed by atoms with Crippen LogP contribution >= 0.6 is 0 Å². The second-order valence-corrected chi connectivity index (χ2v) is 6.06. The number of nitrogens with one attached hydrogen (secondary N) is 1. The number of hydrogen-bond acceptors (Lipinski definition) is 2. The number of nitrogens with zero attached hydrogens (tertiary/aromatic N) is 2. The van der Waals surface area contributed by atoms with Crippen molar-refractivity contribution in [2.24, 2.45) is 0 Å². The van der Waals surface area contributed by atoms with Crippen LogP contribution in [0.5, 0.6) is 0 Å². The fraction of sp³-hybridized carbons (Fsp3) is 0.471. The normalized spacial score (nSPS) is 19.6. The molecule has 0 bridgehead atoms. The number of aryl methyl sites for hydroxylation is 1. The Morgan fingerprint density at radius 3 is 2.59 bits per heavy atom. The number of benzene rings is 1. The van der Waals surface area contributed by atoms with Crippen LogP contribution in [0.25, 0.3) is 0 Å². The summed E-state index contributed by atoms with van der Waals surface area (Å²) in [6.07, 6.45) is 6.34. The van der Waals surface area contributed by atoms with Gasteiger partial charge in [-0.15, -0.1) is 0 Å². The first-order valence-electron chi connectivity index (χ1n) is 7.84. The van der Waals surface area contributed by atoms with Gasteiger partial charge < -0.3 is 10.2 Å². The van der Waals surface area contributed by atoms with E-state index in [2.05, 4.69) is 22.4 Å². The van der Waals surface area contributed by atoms with Gasteiger partial charge in [0.1, 0.15) is 5.82 Å². The highest BCUT2D eigenvalue weighted by Gasteiger charge is 2.27. The first kappa shape index (κ1) is 15.0. The third kappa shape index (κ3) is 3.30. The Kier molecular flexibility index (Phi) is 4.43. The maximum absolute atomic E-state index is 13.7. The van der Waals surface area contributed by atoms with E-state index in [1.807, 2.05) is 6.92 Å². The van der Waals surface area contributed by atoms with E-state index in [9.17, 15) is 9.18 Å². The van der Waals surface area contributed by atoms with E-state index in [0.29, 0.717) is 6.04 Å². The fourth-order valence-electron chi connectivity index (χ4n) is 3.16. The summed E-state index contributed by atoms with van der Waals surface area (Å²) in [5.41, 5.74) is 1.19. The molecule has 1 saturated heterocycles. The van der Waals surface area contributed by atoms with Crippen molar-refractivity contribution in [3.05, 3.63) is 41.7 Å². The number of carbonyl (C=O) groups is 1. The van der Waals surface area contributed by atoms with Crippen molar-refractivity contribution in [3.63, 3.8) is 0 Å². The predicted octanol–water partition coefficient (Wildman–Crippen LogP) is 3.00. The zero-order chi connectivity index (χ0) is 15.5. The fourth-order valence-corrected chi connectivity index (χ4v) is 3.16. The van der Waals surface area contributed by atoms with E-state index in [1.165, 1.54) is 6.07 Å². The van der Waals surface area contributed by atoms with Gasteiger partial charge in [0.05, 0.1) is 5.69 Å². The van der Waals surface area contributed by atoms with E-state index >= 15 is 0 Å². The molecule has 2 aliphatic heterocycles. The molecule has 1 aromatic carbocycles. The molecule has 0 atom stereocenters. The molecule has 1 fully saturated rings. The topological polar surface area (TPSA) is 35.6 Å². The molecule has 0 unspecified atom stereocenters. The SMILES string of the molecule is Cc1ccc(F)c(NC(=O)N2CCC(N3CC=CC3)CC2)c1. The Balaban J connectivity index is 1.54. The van der Waals surface area contributed by atoms with Crippen molar-refractivity contribution in [3.8, 4) is 0 Å². The summed E-state index contributed by atoms with van der Waals surface area (Å²) in [5, 5.41) is 2.69. The summed E-state index contributed by atoms with van der Waals surface area (Å²) < 4.78 is 13.7. The summed E-state index contributed by atoms with van der Waals surface area (Å²) in [4.78, 5) is 16.5. The molecule has 4 nitrogen and oxygen atoms in total. The number of urea groups is 1. The number of anilines is 1. The molecule has 0 radical (unpaired) electrons. The van der Waals surface area contributed by atoms with Crippen LogP contribution in [0.4, 0.5) is 14.9 Å². The van der Waals surface area contributed by atoms with Gasteiger partial charge in [-0.1, -0.05) is 18.2 Å². The molecule has 2 amide bonds. The zero-order valence-electron chi connectivity index (χ0n) is 12.9. The minimum absolute atomic E-state index is 0.206. The lowest BCUT2D eigenvalue weighted by atomic mass is 10.0. The Labute approximate surface area is 130 Å². The first-order valence-corrected chi connectivity index (χ1v) is 7.84. The largest absolute Gasteiger partial charge is 0.324 e. The van der Waals surface area contributed by atoms with Crippen LogP contribution in [0.15, 0.2) is 30.4 Å². The third-order valence-electron chi connectivity index (χ3n) is 4.48. The number of rotatable bonds is 2. The van der Waals surface area contributed by atoms with E-state index in [4.69, 9.17) is 0 Å². The minimum Gasteiger partial charge on any atom is -0.324 e. The molecule has 2 aliphatic rings. The second-order valence-electron chi connectivity index (χ2n) is 6.06. The van der Waals surface area contributed by atoms with Crippen LogP contribution in [0.3, 0.4) is 0 Å². The smallest absolute Gasteiger partial charge is 0.321 e. The highest BCUT2D eigenvalue weighted by atomic mass is 19.1. The number of carbonyl (C=O) groups excluding carboxylic acids is 1. The minimum atomic E-state index is -0.392. The van der Waals surface area contributed by atoms with Gasteiger partial charge in [0, 0.05) is 32.2 Å². The van der Waals surface area contributed by atoms with Crippen LogP contribution in [-0.4, -0.2) is 48.1 Å². The van der Waals surface area contributed by atoms with Gasteiger partial charge in [0.2, 0.25) is 0 Å².